The van der Waals surface area contributed by atoms with Gasteiger partial charge in [-0.05, 0) is 25.3 Å². The lowest BCUT2D eigenvalue weighted by Crippen LogP contribution is -2.60. The summed E-state index contributed by atoms with van der Waals surface area (Å²) < 4.78 is 11.2. The minimum absolute atomic E-state index is 0.223. The number of carbonyl (C=O) groups is 1. The Labute approximate surface area is 107 Å². The van der Waals surface area contributed by atoms with Crippen molar-refractivity contribution in [1.29, 1.82) is 0 Å². The van der Waals surface area contributed by atoms with E-state index in [4.69, 9.17) is 9.47 Å². The molecule has 1 aromatic carbocycles. The number of hydrogen-bond acceptors (Lipinski definition) is 3. The maximum atomic E-state index is 12.3. The second-order valence-corrected chi connectivity index (χ2v) is 5.02. The largest absolute Gasteiger partial charge is 0.464 e. The average Bonchev–Trinajstić information content (AvgIpc) is 2.74. The van der Waals surface area contributed by atoms with E-state index in [-0.39, 0.29) is 12.1 Å². The summed E-state index contributed by atoms with van der Waals surface area (Å²) >= 11 is 0. The van der Waals surface area contributed by atoms with Gasteiger partial charge < -0.3 is 9.47 Å². The Balaban J connectivity index is 1.97. The Bertz CT molecular complexity index is 442. The Kier molecular flexibility index (Phi) is 2.86. The van der Waals surface area contributed by atoms with Crippen molar-refractivity contribution in [2.75, 3.05) is 6.61 Å². The van der Waals surface area contributed by atoms with Crippen LogP contribution >= 0.6 is 0 Å². The van der Waals surface area contributed by atoms with E-state index in [1.165, 1.54) is 0 Å². The Morgan fingerprint density at radius 2 is 2.17 bits per heavy atom. The monoisotopic (exact) mass is 246 g/mol. The highest BCUT2D eigenvalue weighted by molar-refractivity contribution is 5.83. The van der Waals surface area contributed by atoms with E-state index in [0.717, 1.165) is 24.8 Å². The molecule has 3 atom stereocenters. The van der Waals surface area contributed by atoms with Crippen LogP contribution in [-0.2, 0) is 19.9 Å². The first-order valence-electron chi connectivity index (χ1n) is 6.69. The van der Waals surface area contributed by atoms with Crippen molar-refractivity contribution < 1.29 is 14.3 Å². The van der Waals surface area contributed by atoms with E-state index in [0.29, 0.717) is 12.5 Å². The summed E-state index contributed by atoms with van der Waals surface area (Å²) in [5, 5.41) is 0. The van der Waals surface area contributed by atoms with Gasteiger partial charge in [-0.25, -0.2) is 4.79 Å². The number of ether oxygens (including phenoxy) is 2. The summed E-state index contributed by atoms with van der Waals surface area (Å²) in [7, 11) is 0. The molecule has 0 aromatic heterocycles. The van der Waals surface area contributed by atoms with Crippen LogP contribution in [0.2, 0.25) is 0 Å². The lowest BCUT2D eigenvalue weighted by Gasteiger charge is -2.50. The van der Waals surface area contributed by atoms with Gasteiger partial charge in [0.15, 0.2) is 5.60 Å². The number of rotatable bonds is 3. The van der Waals surface area contributed by atoms with Crippen LogP contribution in [0.25, 0.3) is 0 Å². The van der Waals surface area contributed by atoms with Crippen molar-refractivity contribution in [3.63, 3.8) is 0 Å². The molecule has 0 amide bonds. The summed E-state index contributed by atoms with van der Waals surface area (Å²) in [4.78, 5) is 12.3. The molecule has 0 unspecified atom stereocenters. The van der Waals surface area contributed by atoms with Crippen molar-refractivity contribution in [2.24, 2.45) is 5.92 Å². The van der Waals surface area contributed by atoms with Crippen molar-refractivity contribution in [1.82, 2.24) is 0 Å². The first kappa shape index (κ1) is 11.7. The predicted octanol–water partition coefficient (Wildman–Crippen LogP) is 2.64. The first-order chi connectivity index (χ1) is 8.79. The van der Waals surface area contributed by atoms with Gasteiger partial charge in [0.2, 0.25) is 0 Å². The van der Waals surface area contributed by atoms with Crippen LogP contribution in [0.3, 0.4) is 0 Å². The van der Waals surface area contributed by atoms with Crippen LogP contribution in [0.15, 0.2) is 30.3 Å². The number of esters is 1. The zero-order chi connectivity index (χ0) is 12.6. The van der Waals surface area contributed by atoms with Gasteiger partial charge in [-0.2, -0.15) is 0 Å². The molecule has 3 nitrogen and oxygen atoms in total. The molecule has 18 heavy (non-hydrogen) atoms. The molecule has 0 N–H and O–H groups in total. The van der Waals surface area contributed by atoms with Gasteiger partial charge in [0, 0.05) is 5.92 Å². The van der Waals surface area contributed by atoms with E-state index < -0.39 is 5.60 Å². The highest BCUT2D eigenvalue weighted by Crippen LogP contribution is 2.55. The zero-order valence-electron chi connectivity index (χ0n) is 10.6. The Hall–Kier alpha value is -1.35. The van der Waals surface area contributed by atoms with Crippen LogP contribution in [-0.4, -0.2) is 18.7 Å². The van der Waals surface area contributed by atoms with Crippen LogP contribution in [0.1, 0.15) is 31.7 Å². The fraction of sp³-hybridized carbons (Fsp3) is 0.533. The van der Waals surface area contributed by atoms with Crippen LogP contribution in [0.5, 0.6) is 0 Å². The second kappa shape index (κ2) is 4.39. The molecule has 2 aliphatic rings. The van der Waals surface area contributed by atoms with Crippen molar-refractivity contribution >= 4 is 5.97 Å². The highest BCUT2D eigenvalue weighted by Gasteiger charge is 2.63. The molecule has 1 saturated carbocycles. The third-order valence-corrected chi connectivity index (χ3v) is 4.09. The second-order valence-electron chi connectivity index (χ2n) is 5.02. The summed E-state index contributed by atoms with van der Waals surface area (Å²) in [6, 6.07) is 9.77. The standard InChI is InChI=1S/C15H18O3/c1-2-17-14(16)15(11-7-4-3-5-8-11)12-9-6-10-13(12)18-15/h3-5,7-8,12-13H,2,6,9-10H2,1H3/t12-,13+,15-/m1/s1. The van der Waals surface area contributed by atoms with Crippen molar-refractivity contribution in [3.8, 4) is 0 Å². The van der Waals surface area contributed by atoms with Gasteiger partial charge in [-0.1, -0.05) is 36.8 Å². The normalized spacial score (nSPS) is 33.6. The Morgan fingerprint density at radius 3 is 2.83 bits per heavy atom. The molecule has 0 spiro atoms. The molecule has 3 rings (SSSR count). The molecule has 2 fully saturated rings. The molecule has 0 radical (unpaired) electrons. The predicted molar refractivity (Wildman–Crippen MR) is 67.0 cm³/mol. The smallest absolute Gasteiger partial charge is 0.343 e. The lowest BCUT2D eigenvalue weighted by molar-refractivity contribution is -0.261. The third-order valence-electron chi connectivity index (χ3n) is 4.09. The summed E-state index contributed by atoms with van der Waals surface area (Å²) in [6.07, 6.45) is 3.51. The zero-order valence-corrected chi connectivity index (χ0v) is 10.6. The van der Waals surface area contributed by atoms with Gasteiger partial charge in [0.25, 0.3) is 0 Å². The molecule has 0 bridgehead atoms. The third kappa shape index (κ3) is 1.50. The fourth-order valence-corrected chi connectivity index (χ4v) is 3.31. The molecule has 1 aromatic rings. The highest BCUT2D eigenvalue weighted by atomic mass is 16.6. The maximum Gasteiger partial charge on any atom is 0.343 e. The first-order valence-corrected chi connectivity index (χ1v) is 6.69. The quantitative estimate of drug-likeness (QED) is 0.769. The topological polar surface area (TPSA) is 35.5 Å². The maximum absolute atomic E-state index is 12.3. The number of fused-ring (bicyclic) bond motifs is 1. The SMILES string of the molecule is CCOC(=O)[C@]1(c2ccccc2)O[C@H]2CCC[C@H]21. The van der Waals surface area contributed by atoms with Gasteiger partial charge >= 0.3 is 5.97 Å². The summed E-state index contributed by atoms with van der Waals surface area (Å²) in [5.74, 6) is 0.0679. The van der Waals surface area contributed by atoms with Gasteiger partial charge in [-0.15, -0.1) is 0 Å². The average molecular weight is 246 g/mol. The van der Waals surface area contributed by atoms with Crippen LogP contribution < -0.4 is 0 Å². The van der Waals surface area contributed by atoms with Crippen molar-refractivity contribution in [2.45, 2.75) is 37.9 Å². The molecular weight excluding hydrogens is 228 g/mol. The molecule has 3 heteroatoms. The molecule has 1 aliphatic carbocycles. The van der Waals surface area contributed by atoms with E-state index in [9.17, 15) is 4.79 Å². The minimum atomic E-state index is -0.835. The molecule has 1 aliphatic heterocycles. The molecular formula is C15H18O3. The lowest BCUT2D eigenvalue weighted by atomic mass is 9.73. The molecule has 1 saturated heterocycles. The van der Waals surface area contributed by atoms with E-state index in [2.05, 4.69) is 0 Å². The molecule has 1 heterocycles. The van der Waals surface area contributed by atoms with E-state index in [1.54, 1.807) is 0 Å². The number of hydrogen-bond donors (Lipinski definition) is 0. The van der Waals surface area contributed by atoms with Crippen LogP contribution in [0, 0.1) is 5.92 Å². The van der Waals surface area contributed by atoms with Gasteiger partial charge in [-0.3, -0.25) is 0 Å². The number of benzene rings is 1. The summed E-state index contributed by atoms with van der Waals surface area (Å²) in [5.41, 5.74) is 0.102. The minimum Gasteiger partial charge on any atom is -0.464 e. The Morgan fingerprint density at radius 1 is 1.39 bits per heavy atom. The van der Waals surface area contributed by atoms with Gasteiger partial charge in [0.1, 0.15) is 0 Å². The van der Waals surface area contributed by atoms with Crippen LogP contribution in [0.4, 0.5) is 0 Å². The summed E-state index contributed by atoms with van der Waals surface area (Å²) in [6.45, 7) is 2.23. The van der Waals surface area contributed by atoms with E-state index in [1.807, 2.05) is 37.3 Å². The number of carbonyl (C=O) groups excluding carboxylic acids is 1. The van der Waals surface area contributed by atoms with Gasteiger partial charge in [0.05, 0.1) is 12.7 Å². The fourth-order valence-electron chi connectivity index (χ4n) is 3.31. The van der Waals surface area contributed by atoms with E-state index >= 15 is 0 Å². The molecule has 96 valence electrons. The van der Waals surface area contributed by atoms with Crippen molar-refractivity contribution in [3.05, 3.63) is 35.9 Å².